The normalized spacial score (nSPS) is 10.9. The summed E-state index contributed by atoms with van der Waals surface area (Å²) in [6.45, 7) is 3.93. The van der Waals surface area contributed by atoms with E-state index in [1.807, 2.05) is 32.1 Å². The van der Waals surface area contributed by atoms with Gasteiger partial charge in [-0.2, -0.15) is 0 Å². The lowest BCUT2D eigenvalue weighted by atomic mass is 10.4. The van der Waals surface area contributed by atoms with Crippen molar-refractivity contribution in [2.75, 3.05) is 27.2 Å². The number of esters is 1. The first-order chi connectivity index (χ1) is 9.97. The predicted molar refractivity (Wildman–Crippen MR) is 103 cm³/mol. The van der Waals surface area contributed by atoms with Crippen molar-refractivity contribution in [3.05, 3.63) is 22.4 Å². The summed E-state index contributed by atoms with van der Waals surface area (Å²) < 4.78 is 7.74. The van der Waals surface area contributed by atoms with Crippen LogP contribution >= 0.6 is 39.9 Å². The van der Waals surface area contributed by atoms with Crippen molar-refractivity contribution >= 4 is 51.8 Å². The number of carbonyl (C=O) groups is 1. The number of hydrogen-bond donors (Lipinski definition) is 1. The first kappa shape index (κ1) is 21.2. The van der Waals surface area contributed by atoms with Crippen LogP contribution in [0, 0.1) is 0 Å². The van der Waals surface area contributed by atoms with Crippen LogP contribution in [0.15, 0.2) is 21.7 Å². The number of rotatable bonds is 6. The molecule has 0 saturated heterocycles. The van der Waals surface area contributed by atoms with Crippen LogP contribution in [0.3, 0.4) is 0 Å². The predicted octanol–water partition coefficient (Wildman–Crippen LogP) is 2.37. The number of guanidine groups is 1. The third-order valence-electron chi connectivity index (χ3n) is 2.98. The summed E-state index contributed by atoms with van der Waals surface area (Å²) in [4.78, 5) is 17.6. The minimum absolute atomic E-state index is 0. The van der Waals surface area contributed by atoms with Gasteiger partial charge < -0.3 is 19.5 Å². The summed E-state index contributed by atoms with van der Waals surface area (Å²) in [6, 6.07) is 2.08. The molecule has 0 fully saturated rings. The number of aryl methyl sites for hydroxylation is 1. The highest BCUT2D eigenvalue weighted by molar-refractivity contribution is 14.0. The lowest BCUT2D eigenvalue weighted by Gasteiger charge is -2.22. The van der Waals surface area contributed by atoms with Crippen molar-refractivity contribution in [2.24, 2.45) is 12.0 Å². The monoisotopic (exact) mass is 486 g/mol. The van der Waals surface area contributed by atoms with Gasteiger partial charge in [0.05, 0.1) is 26.6 Å². The Bertz CT molecular complexity index is 505. The fourth-order valence-electron chi connectivity index (χ4n) is 1.87. The van der Waals surface area contributed by atoms with E-state index in [9.17, 15) is 4.79 Å². The number of aliphatic imine (C=N–C) groups is 1. The Kier molecular flexibility index (Phi) is 10.5. The second-order valence-corrected chi connectivity index (χ2v) is 5.59. The molecule has 0 saturated carbocycles. The first-order valence-electron chi connectivity index (χ1n) is 6.85. The average Bonchev–Trinajstić information content (AvgIpc) is 2.75. The maximum Gasteiger partial charge on any atom is 0.307 e. The van der Waals surface area contributed by atoms with E-state index in [0.717, 1.165) is 23.5 Å². The van der Waals surface area contributed by atoms with E-state index in [2.05, 4.69) is 41.6 Å². The van der Waals surface area contributed by atoms with E-state index >= 15 is 0 Å². The van der Waals surface area contributed by atoms with Gasteiger partial charge in [-0.3, -0.25) is 9.79 Å². The molecule has 0 amide bonds. The molecule has 1 N–H and O–H groups in total. The quantitative estimate of drug-likeness (QED) is 0.290. The molecule has 8 heteroatoms. The Morgan fingerprint density at radius 1 is 1.55 bits per heavy atom. The number of nitrogens with one attached hydrogen (secondary N) is 1. The minimum Gasteiger partial charge on any atom is -0.469 e. The second kappa shape index (κ2) is 10.9. The SMILES string of the molecule is CCNC(=NCCC(=O)OC)N(C)Cc1cc(Br)cn1C.I. The maximum atomic E-state index is 11.1. The van der Waals surface area contributed by atoms with Crippen molar-refractivity contribution in [3.8, 4) is 0 Å². The van der Waals surface area contributed by atoms with Crippen molar-refractivity contribution in [1.29, 1.82) is 0 Å². The van der Waals surface area contributed by atoms with Gasteiger partial charge >= 0.3 is 5.97 Å². The molecule has 0 bridgehead atoms. The molecule has 0 radical (unpaired) electrons. The number of aromatic nitrogens is 1. The van der Waals surface area contributed by atoms with Crippen molar-refractivity contribution in [2.45, 2.75) is 19.9 Å². The fraction of sp³-hybridized carbons (Fsp3) is 0.571. The molecule has 0 spiro atoms. The Hall–Kier alpha value is -0.770. The van der Waals surface area contributed by atoms with Gasteiger partial charge in [0, 0.05) is 37.0 Å². The molecule has 1 heterocycles. The molecular weight excluding hydrogens is 463 g/mol. The van der Waals surface area contributed by atoms with Gasteiger partial charge in [-0.25, -0.2) is 0 Å². The van der Waals surface area contributed by atoms with Crippen LogP contribution in [0.25, 0.3) is 0 Å². The summed E-state index contributed by atoms with van der Waals surface area (Å²) in [7, 11) is 5.37. The zero-order valence-corrected chi connectivity index (χ0v) is 17.3. The molecule has 0 aliphatic carbocycles. The number of nitrogens with zero attached hydrogens (tertiary/aromatic N) is 3. The molecule has 0 atom stereocenters. The summed E-state index contributed by atoms with van der Waals surface area (Å²) in [5, 5.41) is 3.22. The van der Waals surface area contributed by atoms with Crippen LogP contribution in [0.5, 0.6) is 0 Å². The van der Waals surface area contributed by atoms with E-state index in [1.165, 1.54) is 12.8 Å². The number of methoxy groups -OCH3 is 1. The molecule has 0 aliphatic heterocycles. The summed E-state index contributed by atoms with van der Waals surface area (Å²) in [6.07, 6.45) is 2.30. The molecule has 1 rings (SSSR count). The van der Waals surface area contributed by atoms with Gasteiger partial charge in [0.25, 0.3) is 0 Å². The maximum absolute atomic E-state index is 11.1. The van der Waals surface area contributed by atoms with Crippen LogP contribution in [0.4, 0.5) is 0 Å². The van der Waals surface area contributed by atoms with Crippen LogP contribution in [0.2, 0.25) is 0 Å². The van der Waals surface area contributed by atoms with Crippen LogP contribution in [-0.4, -0.2) is 48.6 Å². The van der Waals surface area contributed by atoms with Gasteiger partial charge in [-0.15, -0.1) is 24.0 Å². The number of hydrogen-bond acceptors (Lipinski definition) is 3. The molecule has 1 aromatic rings. The van der Waals surface area contributed by atoms with Gasteiger partial charge in [0.2, 0.25) is 0 Å². The third kappa shape index (κ3) is 6.99. The Balaban J connectivity index is 0.00000441. The number of halogens is 2. The lowest BCUT2D eigenvalue weighted by molar-refractivity contribution is -0.140. The first-order valence-corrected chi connectivity index (χ1v) is 7.64. The van der Waals surface area contributed by atoms with Crippen LogP contribution < -0.4 is 5.32 Å². The van der Waals surface area contributed by atoms with Gasteiger partial charge in [-0.05, 0) is 28.9 Å². The van der Waals surface area contributed by atoms with E-state index in [0.29, 0.717) is 6.54 Å². The highest BCUT2D eigenvalue weighted by atomic mass is 127. The Labute approximate surface area is 157 Å². The molecule has 0 aromatic carbocycles. The smallest absolute Gasteiger partial charge is 0.307 e. The molecule has 22 heavy (non-hydrogen) atoms. The molecular formula is C14H24BrIN4O2. The summed E-state index contributed by atoms with van der Waals surface area (Å²) in [5.74, 6) is 0.530. The van der Waals surface area contributed by atoms with E-state index in [1.54, 1.807) is 0 Å². The Morgan fingerprint density at radius 2 is 2.23 bits per heavy atom. The van der Waals surface area contributed by atoms with E-state index in [-0.39, 0.29) is 36.4 Å². The number of ether oxygens (including phenoxy) is 1. The topological polar surface area (TPSA) is 58.9 Å². The fourth-order valence-corrected chi connectivity index (χ4v) is 2.44. The summed E-state index contributed by atoms with van der Waals surface area (Å²) >= 11 is 3.47. The average molecular weight is 487 g/mol. The third-order valence-corrected chi connectivity index (χ3v) is 3.41. The lowest BCUT2D eigenvalue weighted by Crippen LogP contribution is -2.39. The largest absolute Gasteiger partial charge is 0.469 e. The molecule has 0 aliphatic rings. The molecule has 1 aromatic heterocycles. The zero-order valence-electron chi connectivity index (χ0n) is 13.4. The highest BCUT2D eigenvalue weighted by Gasteiger charge is 2.10. The van der Waals surface area contributed by atoms with Crippen molar-refractivity contribution in [1.82, 2.24) is 14.8 Å². The van der Waals surface area contributed by atoms with Gasteiger partial charge in [-0.1, -0.05) is 0 Å². The summed E-state index contributed by atoms with van der Waals surface area (Å²) in [5.41, 5.74) is 1.17. The van der Waals surface area contributed by atoms with Crippen LogP contribution in [-0.2, 0) is 23.1 Å². The Morgan fingerprint density at radius 3 is 2.73 bits per heavy atom. The van der Waals surface area contributed by atoms with Crippen molar-refractivity contribution in [3.63, 3.8) is 0 Å². The zero-order chi connectivity index (χ0) is 15.8. The van der Waals surface area contributed by atoms with E-state index in [4.69, 9.17) is 0 Å². The van der Waals surface area contributed by atoms with Crippen LogP contribution in [0.1, 0.15) is 19.0 Å². The molecule has 0 unspecified atom stereocenters. The van der Waals surface area contributed by atoms with Crippen molar-refractivity contribution < 1.29 is 9.53 Å². The van der Waals surface area contributed by atoms with Gasteiger partial charge in [0.15, 0.2) is 5.96 Å². The van der Waals surface area contributed by atoms with Gasteiger partial charge in [0.1, 0.15) is 0 Å². The number of carbonyl (C=O) groups excluding carboxylic acids is 1. The van der Waals surface area contributed by atoms with E-state index < -0.39 is 0 Å². The molecule has 6 nitrogen and oxygen atoms in total. The second-order valence-electron chi connectivity index (χ2n) is 4.68. The minimum atomic E-state index is -0.247. The highest BCUT2D eigenvalue weighted by Crippen LogP contribution is 2.14. The standard InChI is InChI=1S/C14H23BrN4O2.HI/c1-5-16-14(17-7-6-13(20)21-4)19(3)10-12-8-11(15)9-18(12)2;/h8-9H,5-7,10H2,1-4H3,(H,16,17);1H. The molecule has 126 valence electrons.